The van der Waals surface area contributed by atoms with Crippen molar-refractivity contribution in [3.8, 4) is 0 Å². The van der Waals surface area contributed by atoms with E-state index in [9.17, 15) is 15.0 Å². The van der Waals surface area contributed by atoms with Gasteiger partial charge in [-0.15, -0.1) is 5.10 Å². The minimum atomic E-state index is -1.23. The molecule has 1 fully saturated rings. The van der Waals surface area contributed by atoms with E-state index in [0.717, 1.165) is 16.8 Å². The number of hydrogen-bond donors (Lipinski definition) is 2. The molecule has 0 saturated carbocycles. The second kappa shape index (κ2) is 5.41. The maximum absolute atomic E-state index is 12.6. The van der Waals surface area contributed by atoms with Crippen LogP contribution in [-0.2, 0) is 18.2 Å². The molecule has 4 atom stereocenters. The predicted molar refractivity (Wildman–Crippen MR) is 76.2 cm³/mol. The Bertz CT molecular complexity index is 755. The zero-order valence-corrected chi connectivity index (χ0v) is 12.7. The summed E-state index contributed by atoms with van der Waals surface area (Å²) in [5, 5.41) is 32.0. The standard InChI is InChI=1S/C13H19N5O4/c1-4-5-7-8-9(17(3)15-7)12(21)18(16-14-8)13-11(20)10(19)6(2)22-13/h6,10-11,13,19-20H,4-5H2,1-3H3. The van der Waals surface area contributed by atoms with Crippen LogP contribution in [0.2, 0.25) is 0 Å². The lowest BCUT2D eigenvalue weighted by atomic mass is 10.1. The van der Waals surface area contributed by atoms with Crippen LogP contribution in [-0.4, -0.2) is 53.3 Å². The summed E-state index contributed by atoms with van der Waals surface area (Å²) in [6, 6.07) is 0. The van der Waals surface area contributed by atoms with E-state index in [-0.39, 0.29) is 0 Å². The maximum Gasteiger partial charge on any atom is 0.298 e. The molecule has 0 radical (unpaired) electrons. The van der Waals surface area contributed by atoms with Gasteiger partial charge in [0.15, 0.2) is 11.7 Å². The maximum atomic E-state index is 12.6. The highest BCUT2D eigenvalue weighted by Gasteiger charge is 2.42. The lowest BCUT2D eigenvalue weighted by Gasteiger charge is -2.15. The van der Waals surface area contributed by atoms with Gasteiger partial charge in [0, 0.05) is 7.05 Å². The van der Waals surface area contributed by atoms with Gasteiger partial charge in [0.25, 0.3) is 5.56 Å². The fraction of sp³-hybridized carbons (Fsp3) is 0.692. The molecule has 1 saturated heterocycles. The summed E-state index contributed by atoms with van der Waals surface area (Å²) in [6.45, 7) is 3.63. The van der Waals surface area contributed by atoms with Crippen LogP contribution in [0, 0.1) is 0 Å². The van der Waals surface area contributed by atoms with Gasteiger partial charge >= 0.3 is 0 Å². The topological polar surface area (TPSA) is 115 Å². The largest absolute Gasteiger partial charge is 0.388 e. The molecule has 120 valence electrons. The summed E-state index contributed by atoms with van der Waals surface area (Å²) in [5.41, 5.74) is 1.04. The van der Waals surface area contributed by atoms with E-state index in [1.165, 1.54) is 4.68 Å². The van der Waals surface area contributed by atoms with E-state index >= 15 is 0 Å². The normalized spacial score (nSPS) is 28.6. The molecular weight excluding hydrogens is 290 g/mol. The summed E-state index contributed by atoms with van der Waals surface area (Å²) in [5.74, 6) is 0. The van der Waals surface area contributed by atoms with Gasteiger partial charge in [0.2, 0.25) is 0 Å². The third kappa shape index (κ3) is 2.13. The van der Waals surface area contributed by atoms with Gasteiger partial charge in [-0.25, -0.2) is 0 Å². The van der Waals surface area contributed by atoms with Gasteiger partial charge in [-0.3, -0.25) is 9.48 Å². The molecule has 0 amide bonds. The van der Waals surface area contributed by atoms with E-state index in [1.54, 1.807) is 14.0 Å². The molecule has 0 bridgehead atoms. The van der Waals surface area contributed by atoms with E-state index in [2.05, 4.69) is 15.4 Å². The Morgan fingerprint density at radius 2 is 2.05 bits per heavy atom. The van der Waals surface area contributed by atoms with Crippen LogP contribution >= 0.6 is 0 Å². The predicted octanol–water partition coefficient (Wildman–Crippen LogP) is -0.883. The number of nitrogens with zero attached hydrogens (tertiary/aromatic N) is 5. The molecule has 2 N–H and O–H groups in total. The molecule has 4 unspecified atom stereocenters. The monoisotopic (exact) mass is 309 g/mol. The molecule has 1 aliphatic heterocycles. The van der Waals surface area contributed by atoms with Crippen molar-refractivity contribution in [3.05, 3.63) is 16.0 Å². The van der Waals surface area contributed by atoms with Gasteiger partial charge in [0.1, 0.15) is 17.7 Å². The van der Waals surface area contributed by atoms with Crippen LogP contribution in [0.4, 0.5) is 0 Å². The van der Waals surface area contributed by atoms with E-state index in [4.69, 9.17) is 4.74 Å². The Balaban J connectivity index is 2.12. The Kier molecular flexibility index (Phi) is 3.71. The van der Waals surface area contributed by atoms with Gasteiger partial charge in [-0.05, 0) is 13.3 Å². The molecule has 22 heavy (non-hydrogen) atoms. The molecule has 3 rings (SSSR count). The first-order chi connectivity index (χ1) is 10.5. The van der Waals surface area contributed by atoms with Crippen LogP contribution in [0.1, 0.15) is 32.2 Å². The van der Waals surface area contributed by atoms with Crippen molar-refractivity contribution in [2.45, 2.75) is 51.2 Å². The van der Waals surface area contributed by atoms with Crippen molar-refractivity contribution in [1.82, 2.24) is 24.8 Å². The molecule has 0 aliphatic carbocycles. The number of rotatable bonds is 3. The number of ether oxygens (including phenoxy) is 1. The van der Waals surface area contributed by atoms with Crippen molar-refractivity contribution in [2.24, 2.45) is 7.05 Å². The quantitative estimate of drug-likeness (QED) is 0.756. The van der Waals surface area contributed by atoms with Crippen LogP contribution in [0.25, 0.3) is 11.0 Å². The Morgan fingerprint density at radius 3 is 2.64 bits per heavy atom. The van der Waals surface area contributed by atoms with E-state index < -0.39 is 30.1 Å². The molecule has 9 nitrogen and oxygen atoms in total. The van der Waals surface area contributed by atoms with Crippen molar-refractivity contribution < 1.29 is 14.9 Å². The summed E-state index contributed by atoms with van der Waals surface area (Å²) in [6.07, 6.45) is -2.37. The number of aromatic nitrogens is 5. The van der Waals surface area contributed by atoms with Gasteiger partial charge in [0.05, 0.1) is 11.8 Å². The van der Waals surface area contributed by atoms with Crippen molar-refractivity contribution in [2.75, 3.05) is 0 Å². The second-order valence-electron chi connectivity index (χ2n) is 5.57. The molecule has 3 heterocycles. The first-order valence-corrected chi connectivity index (χ1v) is 7.28. The van der Waals surface area contributed by atoms with Gasteiger partial charge in [-0.2, -0.15) is 9.78 Å². The highest BCUT2D eigenvalue weighted by atomic mass is 16.6. The third-order valence-corrected chi connectivity index (χ3v) is 3.95. The average molecular weight is 309 g/mol. The highest BCUT2D eigenvalue weighted by molar-refractivity contribution is 5.75. The number of aryl methyl sites for hydroxylation is 2. The highest BCUT2D eigenvalue weighted by Crippen LogP contribution is 2.27. The van der Waals surface area contributed by atoms with Crippen LogP contribution in [0.15, 0.2) is 4.79 Å². The Hall–Kier alpha value is -1.84. The molecule has 2 aromatic heterocycles. The molecule has 2 aromatic rings. The van der Waals surface area contributed by atoms with Gasteiger partial charge in [-0.1, -0.05) is 18.6 Å². The Labute approximate surface area is 126 Å². The van der Waals surface area contributed by atoms with E-state index in [0.29, 0.717) is 17.5 Å². The molecule has 1 aliphatic rings. The lowest BCUT2D eigenvalue weighted by Crippen LogP contribution is -2.36. The molecule has 0 spiro atoms. The summed E-state index contributed by atoms with van der Waals surface area (Å²) >= 11 is 0. The number of aliphatic hydroxyl groups is 2. The smallest absolute Gasteiger partial charge is 0.298 e. The minimum Gasteiger partial charge on any atom is -0.388 e. The summed E-state index contributed by atoms with van der Waals surface area (Å²) in [4.78, 5) is 12.6. The fourth-order valence-corrected chi connectivity index (χ4v) is 2.76. The number of aliphatic hydroxyl groups excluding tert-OH is 2. The fourth-order valence-electron chi connectivity index (χ4n) is 2.76. The summed E-state index contributed by atoms with van der Waals surface area (Å²) in [7, 11) is 1.66. The lowest BCUT2D eigenvalue weighted by molar-refractivity contribution is -0.0439. The first kappa shape index (κ1) is 15.1. The van der Waals surface area contributed by atoms with Crippen LogP contribution < -0.4 is 5.56 Å². The number of fused-ring (bicyclic) bond motifs is 1. The van der Waals surface area contributed by atoms with Crippen LogP contribution in [0.5, 0.6) is 0 Å². The molecule has 9 heteroatoms. The third-order valence-electron chi connectivity index (χ3n) is 3.95. The van der Waals surface area contributed by atoms with E-state index in [1.807, 2.05) is 6.92 Å². The van der Waals surface area contributed by atoms with Crippen molar-refractivity contribution in [1.29, 1.82) is 0 Å². The molecule has 0 aromatic carbocycles. The zero-order chi connectivity index (χ0) is 16.0. The summed E-state index contributed by atoms with van der Waals surface area (Å²) < 4.78 is 7.86. The minimum absolute atomic E-state index is 0.309. The van der Waals surface area contributed by atoms with Crippen molar-refractivity contribution in [3.63, 3.8) is 0 Å². The van der Waals surface area contributed by atoms with Gasteiger partial charge < -0.3 is 14.9 Å². The van der Waals surface area contributed by atoms with Crippen molar-refractivity contribution >= 4 is 11.0 Å². The zero-order valence-electron chi connectivity index (χ0n) is 12.7. The second-order valence-corrected chi connectivity index (χ2v) is 5.57. The molecular formula is C13H19N5O4. The SMILES string of the molecule is CCCc1nn(C)c2c(=O)n(C3OC(C)C(O)C3O)nnc12. The first-order valence-electron chi connectivity index (χ1n) is 7.28. The Morgan fingerprint density at radius 1 is 1.32 bits per heavy atom. The average Bonchev–Trinajstić information content (AvgIpc) is 2.93. The number of hydrogen-bond acceptors (Lipinski definition) is 7. The van der Waals surface area contributed by atoms with Crippen LogP contribution in [0.3, 0.4) is 0 Å².